The van der Waals surface area contributed by atoms with Crippen LogP contribution in [0.4, 0.5) is 0 Å². The van der Waals surface area contributed by atoms with E-state index in [2.05, 4.69) is 30.7 Å². The number of halogens is 2. The average Bonchev–Trinajstić information content (AvgIpc) is 2.94. The van der Waals surface area contributed by atoms with Crippen LogP contribution in [0.25, 0.3) is 0 Å². The maximum Gasteiger partial charge on any atom is 0.242 e. The van der Waals surface area contributed by atoms with E-state index < -0.39 is 10.0 Å². The van der Waals surface area contributed by atoms with Crippen molar-refractivity contribution in [1.29, 1.82) is 0 Å². The number of hydrogen-bond acceptors (Lipinski definition) is 6. The number of rotatable bonds is 6. The average molecular weight is 351 g/mol. The van der Waals surface area contributed by atoms with Gasteiger partial charge in [-0.05, 0) is 24.7 Å². The molecule has 2 aromatic rings. The molecule has 11 heteroatoms. The van der Waals surface area contributed by atoms with Crippen molar-refractivity contribution in [3.8, 4) is 0 Å². The summed E-state index contributed by atoms with van der Waals surface area (Å²) in [7, 11) is -2.12. The molecule has 0 saturated carbocycles. The molecule has 21 heavy (non-hydrogen) atoms. The van der Waals surface area contributed by atoms with Gasteiger partial charge in [0.05, 0.1) is 11.6 Å². The summed E-state index contributed by atoms with van der Waals surface area (Å²) in [4.78, 5) is -0.0922. The molecule has 0 unspecified atom stereocenters. The minimum absolute atomic E-state index is 0.0922. The van der Waals surface area contributed by atoms with Crippen LogP contribution in [0.2, 0.25) is 10.0 Å². The monoisotopic (exact) mass is 350 g/mol. The highest BCUT2D eigenvalue weighted by atomic mass is 35.5. The Balaban J connectivity index is 2.30. The van der Waals surface area contributed by atoms with E-state index in [0.29, 0.717) is 12.1 Å². The summed E-state index contributed by atoms with van der Waals surface area (Å²) in [6, 6.07) is 2.90. The Hall–Kier alpha value is -1.26. The van der Waals surface area contributed by atoms with E-state index in [0.717, 1.165) is 0 Å². The van der Waals surface area contributed by atoms with Crippen LogP contribution in [-0.4, -0.2) is 36.1 Å². The third-order valence-corrected chi connectivity index (χ3v) is 4.75. The molecule has 0 atom stereocenters. The largest absolute Gasteiger partial charge is 0.316 e. The number of sulfonamides is 1. The highest BCUT2D eigenvalue weighted by molar-refractivity contribution is 7.89. The second-order valence-corrected chi connectivity index (χ2v) is 6.61. The van der Waals surface area contributed by atoms with E-state index in [9.17, 15) is 8.42 Å². The van der Waals surface area contributed by atoms with Crippen molar-refractivity contribution in [2.24, 2.45) is 0 Å². The first-order valence-electron chi connectivity index (χ1n) is 5.78. The molecule has 0 amide bonds. The van der Waals surface area contributed by atoms with Gasteiger partial charge in [-0.1, -0.05) is 28.4 Å². The molecule has 0 spiro atoms. The molecule has 2 rings (SSSR count). The van der Waals surface area contributed by atoms with Crippen LogP contribution in [0, 0.1) is 0 Å². The Bertz CT molecular complexity index is 719. The molecule has 1 aromatic heterocycles. The Labute approximate surface area is 131 Å². The Morgan fingerprint density at radius 2 is 2.05 bits per heavy atom. The molecular formula is C10H12Cl2N6O2S. The van der Waals surface area contributed by atoms with Gasteiger partial charge in [0.1, 0.15) is 4.90 Å². The van der Waals surface area contributed by atoms with Crippen molar-refractivity contribution in [2.45, 2.75) is 18.0 Å². The van der Waals surface area contributed by atoms with E-state index in [4.69, 9.17) is 23.2 Å². The maximum atomic E-state index is 12.3. The van der Waals surface area contributed by atoms with Crippen LogP contribution in [0.5, 0.6) is 0 Å². The zero-order chi connectivity index (χ0) is 15.5. The summed E-state index contributed by atoms with van der Waals surface area (Å²) < 4.78 is 26.9. The second kappa shape index (κ2) is 6.67. The number of tetrazole rings is 1. The fraction of sp³-hybridized carbons (Fsp3) is 0.300. The molecule has 0 fully saturated rings. The van der Waals surface area contributed by atoms with Crippen molar-refractivity contribution >= 4 is 33.2 Å². The number of nitrogens with one attached hydrogen (secondary N) is 3. The predicted molar refractivity (Wildman–Crippen MR) is 77.4 cm³/mol. The third-order valence-electron chi connectivity index (χ3n) is 2.55. The van der Waals surface area contributed by atoms with Crippen LogP contribution in [0.1, 0.15) is 11.4 Å². The maximum absolute atomic E-state index is 12.3. The van der Waals surface area contributed by atoms with Gasteiger partial charge < -0.3 is 5.32 Å². The van der Waals surface area contributed by atoms with Crippen molar-refractivity contribution in [1.82, 2.24) is 30.7 Å². The summed E-state index contributed by atoms with van der Waals surface area (Å²) in [5.74, 6) is 0.215. The van der Waals surface area contributed by atoms with Gasteiger partial charge in [0, 0.05) is 11.6 Å². The van der Waals surface area contributed by atoms with Crippen LogP contribution < -0.4 is 10.0 Å². The number of H-pyrrole nitrogens is 1. The second-order valence-electron chi connectivity index (χ2n) is 4.06. The highest BCUT2D eigenvalue weighted by Gasteiger charge is 2.21. The quantitative estimate of drug-likeness (QED) is 0.706. The lowest BCUT2D eigenvalue weighted by atomic mass is 10.2. The Kier molecular flexibility index (Phi) is 5.12. The fourth-order valence-electron chi connectivity index (χ4n) is 1.63. The van der Waals surface area contributed by atoms with Crippen LogP contribution >= 0.6 is 23.2 Å². The standard InChI is InChI=1S/C10H12Cl2N6O2S/c1-13-4-6-2-7(11)3-8(10(6)12)21(19,20)14-5-9-15-17-18-16-9/h2-3,13-14H,4-5H2,1H3,(H,15,16,17,18). The summed E-state index contributed by atoms with van der Waals surface area (Å²) in [5.41, 5.74) is 0.589. The summed E-state index contributed by atoms with van der Waals surface area (Å²) in [6.45, 7) is 0.287. The van der Waals surface area contributed by atoms with Gasteiger partial charge in [-0.15, -0.1) is 10.2 Å². The summed E-state index contributed by atoms with van der Waals surface area (Å²) in [6.07, 6.45) is 0. The summed E-state index contributed by atoms with van der Waals surface area (Å²) in [5, 5.41) is 16.2. The minimum atomic E-state index is -3.85. The topological polar surface area (TPSA) is 113 Å². The summed E-state index contributed by atoms with van der Waals surface area (Å²) >= 11 is 12.1. The SMILES string of the molecule is CNCc1cc(Cl)cc(S(=O)(=O)NCc2nn[nH]n2)c1Cl. The number of benzene rings is 1. The van der Waals surface area contributed by atoms with E-state index in [1.54, 1.807) is 13.1 Å². The number of nitrogens with zero attached hydrogens (tertiary/aromatic N) is 3. The molecule has 1 heterocycles. The molecule has 1 aromatic carbocycles. The Morgan fingerprint density at radius 1 is 1.29 bits per heavy atom. The lowest BCUT2D eigenvalue weighted by Gasteiger charge is -2.11. The van der Waals surface area contributed by atoms with Crippen LogP contribution in [0.3, 0.4) is 0 Å². The number of aromatic nitrogens is 4. The normalized spacial score (nSPS) is 11.8. The van der Waals surface area contributed by atoms with Gasteiger partial charge in [-0.3, -0.25) is 0 Å². The molecule has 0 saturated heterocycles. The lowest BCUT2D eigenvalue weighted by molar-refractivity contribution is 0.579. The van der Waals surface area contributed by atoms with Gasteiger partial charge in [-0.2, -0.15) is 5.21 Å². The van der Waals surface area contributed by atoms with Gasteiger partial charge in [0.15, 0.2) is 5.82 Å². The molecule has 0 aliphatic carbocycles. The number of hydrogen-bond donors (Lipinski definition) is 3. The predicted octanol–water partition coefficient (Wildman–Crippen LogP) is 0.704. The number of aromatic amines is 1. The molecule has 0 aliphatic rings. The van der Waals surface area contributed by atoms with Crippen molar-refractivity contribution in [2.75, 3.05) is 7.05 Å². The molecule has 8 nitrogen and oxygen atoms in total. The van der Waals surface area contributed by atoms with E-state index >= 15 is 0 Å². The van der Waals surface area contributed by atoms with E-state index in [1.165, 1.54) is 6.07 Å². The van der Waals surface area contributed by atoms with Crippen LogP contribution in [0.15, 0.2) is 17.0 Å². The zero-order valence-corrected chi connectivity index (χ0v) is 13.2. The molecule has 0 bridgehead atoms. The highest BCUT2D eigenvalue weighted by Crippen LogP contribution is 2.29. The lowest BCUT2D eigenvalue weighted by Crippen LogP contribution is -2.24. The first-order valence-corrected chi connectivity index (χ1v) is 8.02. The first kappa shape index (κ1) is 16.1. The fourth-order valence-corrected chi connectivity index (χ4v) is 3.54. The first-order chi connectivity index (χ1) is 9.94. The van der Waals surface area contributed by atoms with E-state index in [1.807, 2.05) is 0 Å². The van der Waals surface area contributed by atoms with Gasteiger partial charge in [0.25, 0.3) is 0 Å². The molecular weight excluding hydrogens is 339 g/mol. The van der Waals surface area contributed by atoms with Crippen LogP contribution in [-0.2, 0) is 23.1 Å². The van der Waals surface area contributed by atoms with E-state index in [-0.39, 0.29) is 27.3 Å². The van der Waals surface area contributed by atoms with Gasteiger partial charge in [-0.25, -0.2) is 13.1 Å². The van der Waals surface area contributed by atoms with Crippen molar-refractivity contribution in [3.05, 3.63) is 33.6 Å². The molecule has 114 valence electrons. The Morgan fingerprint density at radius 3 is 2.67 bits per heavy atom. The van der Waals surface area contributed by atoms with Crippen molar-refractivity contribution in [3.63, 3.8) is 0 Å². The smallest absolute Gasteiger partial charge is 0.242 e. The minimum Gasteiger partial charge on any atom is -0.316 e. The van der Waals surface area contributed by atoms with Crippen molar-refractivity contribution < 1.29 is 8.42 Å². The zero-order valence-electron chi connectivity index (χ0n) is 10.9. The molecule has 0 radical (unpaired) electrons. The van der Waals surface area contributed by atoms with Gasteiger partial charge >= 0.3 is 0 Å². The van der Waals surface area contributed by atoms with Gasteiger partial charge in [0.2, 0.25) is 10.0 Å². The third kappa shape index (κ3) is 3.89. The molecule has 0 aliphatic heterocycles. The molecule has 3 N–H and O–H groups in total.